The molecule has 0 saturated heterocycles. The van der Waals surface area contributed by atoms with Crippen molar-refractivity contribution in [1.29, 1.82) is 0 Å². The van der Waals surface area contributed by atoms with Crippen LogP contribution in [0.1, 0.15) is 36.6 Å². The van der Waals surface area contributed by atoms with E-state index in [1.165, 1.54) is 25.3 Å². The topological polar surface area (TPSA) is 105 Å². The monoisotopic (exact) mass is 443 g/mol. The van der Waals surface area contributed by atoms with Crippen molar-refractivity contribution in [1.82, 2.24) is 0 Å². The summed E-state index contributed by atoms with van der Waals surface area (Å²) in [6.07, 6.45) is 0. The summed E-state index contributed by atoms with van der Waals surface area (Å²) in [6.45, 7) is 1.77. The Morgan fingerprint density at radius 3 is 2.15 bits per heavy atom. The number of carbonyl (C=O) groups is 4. The molecule has 3 aromatic carbocycles. The third-order valence-electron chi connectivity index (χ3n) is 5.21. The molecular formula is C25H21N3O5. The van der Waals surface area contributed by atoms with Crippen LogP contribution in [-0.2, 0) is 9.53 Å². The first-order valence-corrected chi connectivity index (χ1v) is 10.2. The summed E-state index contributed by atoms with van der Waals surface area (Å²) in [7, 11) is 1.43. The van der Waals surface area contributed by atoms with Crippen molar-refractivity contribution in [3.8, 4) is 0 Å². The molecule has 0 radical (unpaired) electrons. The molecule has 0 aromatic heterocycles. The summed E-state index contributed by atoms with van der Waals surface area (Å²) in [5.74, 6) is -1.59. The predicted octanol–water partition coefficient (Wildman–Crippen LogP) is 3.63. The van der Waals surface area contributed by atoms with Crippen LogP contribution in [-0.4, -0.2) is 37.3 Å². The van der Waals surface area contributed by atoms with E-state index in [2.05, 4.69) is 10.6 Å². The molecule has 166 valence electrons. The minimum absolute atomic E-state index is 0.0562. The normalized spacial score (nSPS) is 12.5. The Balaban J connectivity index is 1.51. The van der Waals surface area contributed by atoms with Gasteiger partial charge >= 0.3 is 0 Å². The fourth-order valence-electron chi connectivity index (χ4n) is 3.58. The van der Waals surface area contributed by atoms with Crippen LogP contribution in [0, 0.1) is 6.92 Å². The molecule has 0 unspecified atom stereocenters. The van der Waals surface area contributed by atoms with Crippen molar-refractivity contribution in [3.63, 3.8) is 0 Å². The average Bonchev–Trinajstić information content (AvgIpc) is 3.05. The first-order valence-electron chi connectivity index (χ1n) is 10.2. The predicted molar refractivity (Wildman–Crippen MR) is 124 cm³/mol. The Hall–Kier alpha value is -4.30. The van der Waals surface area contributed by atoms with Crippen molar-refractivity contribution in [2.45, 2.75) is 6.92 Å². The lowest BCUT2D eigenvalue weighted by atomic mass is 10.1. The number of nitrogens with one attached hydrogen (secondary N) is 2. The van der Waals surface area contributed by atoms with Crippen LogP contribution in [0.25, 0.3) is 0 Å². The van der Waals surface area contributed by atoms with Crippen molar-refractivity contribution < 1.29 is 23.9 Å². The van der Waals surface area contributed by atoms with Crippen LogP contribution in [0.5, 0.6) is 0 Å². The highest BCUT2D eigenvalue weighted by molar-refractivity contribution is 6.35. The fraction of sp³-hybridized carbons (Fsp3) is 0.120. The molecule has 2 N–H and O–H groups in total. The van der Waals surface area contributed by atoms with E-state index in [0.717, 1.165) is 10.5 Å². The molecule has 8 nitrogen and oxygen atoms in total. The van der Waals surface area contributed by atoms with Gasteiger partial charge in [-0.05, 0) is 61.0 Å². The highest BCUT2D eigenvalue weighted by Crippen LogP contribution is 2.31. The number of rotatable bonds is 6. The summed E-state index contributed by atoms with van der Waals surface area (Å²) in [6, 6.07) is 18.2. The van der Waals surface area contributed by atoms with Crippen LogP contribution >= 0.6 is 0 Å². The lowest BCUT2D eigenvalue weighted by Gasteiger charge is -2.16. The molecule has 0 saturated carbocycles. The standard InChI is InChI=1S/C25H21N3O5/c1-15-5-3-4-6-21(15)28-24(31)19-12-7-16(13-20(19)25(28)32)23(30)27-18-10-8-17(9-11-18)26-22(29)14-33-2/h3-13H,14H2,1-2H3,(H,26,29)(H,27,30). The van der Waals surface area contributed by atoms with Gasteiger partial charge in [0.05, 0.1) is 16.8 Å². The molecular weight excluding hydrogens is 422 g/mol. The number of imide groups is 1. The van der Waals surface area contributed by atoms with Gasteiger partial charge in [-0.25, -0.2) is 4.90 Å². The molecule has 0 atom stereocenters. The lowest BCUT2D eigenvalue weighted by molar-refractivity contribution is -0.119. The van der Waals surface area contributed by atoms with Crippen LogP contribution in [0.3, 0.4) is 0 Å². The summed E-state index contributed by atoms with van der Waals surface area (Å²) >= 11 is 0. The second-order valence-corrected chi connectivity index (χ2v) is 7.51. The number of nitrogens with zero attached hydrogens (tertiary/aromatic N) is 1. The van der Waals surface area contributed by atoms with Crippen molar-refractivity contribution >= 4 is 40.7 Å². The summed E-state index contributed by atoms with van der Waals surface area (Å²) < 4.78 is 4.77. The number of ether oxygens (including phenoxy) is 1. The van der Waals surface area contributed by atoms with Gasteiger partial charge < -0.3 is 15.4 Å². The van der Waals surface area contributed by atoms with Crippen LogP contribution in [0.4, 0.5) is 17.1 Å². The number of carbonyl (C=O) groups excluding carboxylic acids is 4. The Kier molecular flexibility index (Phi) is 6.01. The molecule has 4 rings (SSSR count). The fourth-order valence-corrected chi connectivity index (χ4v) is 3.58. The van der Waals surface area contributed by atoms with Crippen LogP contribution in [0.2, 0.25) is 0 Å². The number of methoxy groups -OCH3 is 1. The average molecular weight is 443 g/mol. The Labute approximate surface area is 190 Å². The highest BCUT2D eigenvalue weighted by Gasteiger charge is 2.37. The third-order valence-corrected chi connectivity index (χ3v) is 5.21. The number of aryl methyl sites for hydroxylation is 1. The largest absolute Gasteiger partial charge is 0.375 e. The minimum Gasteiger partial charge on any atom is -0.375 e. The number of benzene rings is 3. The van der Waals surface area contributed by atoms with E-state index in [1.54, 1.807) is 36.4 Å². The van der Waals surface area contributed by atoms with Gasteiger partial charge in [-0.15, -0.1) is 0 Å². The molecule has 0 fully saturated rings. The first-order chi connectivity index (χ1) is 15.9. The maximum atomic E-state index is 13.0. The molecule has 33 heavy (non-hydrogen) atoms. The van der Waals surface area contributed by atoms with Gasteiger partial charge in [0.25, 0.3) is 17.7 Å². The zero-order valence-corrected chi connectivity index (χ0v) is 18.0. The van der Waals surface area contributed by atoms with E-state index in [-0.39, 0.29) is 29.2 Å². The van der Waals surface area contributed by atoms with E-state index in [4.69, 9.17) is 4.74 Å². The zero-order chi connectivity index (χ0) is 23.5. The second-order valence-electron chi connectivity index (χ2n) is 7.51. The number of fused-ring (bicyclic) bond motifs is 1. The molecule has 1 heterocycles. The highest BCUT2D eigenvalue weighted by atomic mass is 16.5. The van der Waals surface area contributed by atoms with E-state index in [9.17, 15) is 19.2 Å². The molecule has 0 aliphatic carbocycles. The van der Waals surface area contributed by atoms with Gasteiger partial charge in [-0.1, -0.05) is 18.2 Å². The van der Waals surface area contributed by atoms with Gasteiger partial charge in [0.2, 0.25) is 5.91 Å². The van der Waals surface area contributed by atoms with Gasteiger partial charge in [-0.3, -0.25) is 19.2 Å². The zero-order valence-electron chi connectivity index (χ0n) is 18.0. The lowest BCUT2D eigenvalue weighted by Crippen LogP contribution is -2.29. The summed E-state index contributed by atoms with van der Waals surface area (Å²) in [4.78, 5) is 51.3. The maximum Gasteiger partial charge on any atom is 0.266 e. The number of anilines is 3. The quantitative estimate of drug-likeness (QED) is 0.566. The number of para-hydroxylation sites is 1. The molecule has 0 spiro atoms. The molecule has 3 aromatic rings. The maximum absolute atomic E-state index is 13.0. The van der Waals surface area contributed by atoms with Crippen LogP contribution < -0.4 is 15.5 Å². The van der Waals surface area contributed by atoms with Crippen molar-refractivity contribution in [3.05, 3.63) is 89.0 Å². The molecule has 8 heteroatoms. The van der Waals surface area contributed by atoms with E-state index in [0.29, 0.717) is 17.1 Å². The Morgan fingerprint density at radius 2 is 1.48 bits per heavy atom. The van der Waals surface area contributed by atoms with Crippen molar-refractivity contribution in [2.24, 2.45) is 0 Å². The van der Waals surface area contributed by atoms with Gasteiger partial charge in [0, 0.05) is 24.0 Å². The Bertz CT molecular complexity index is 1270. The summed E-state index contributed by atoms with van der Waals surface area (Å²) in [5, 5.41) is 5.41. The van der Waals surface area contributed by atoms with Gasteiger partial charge in [0.1, 0.15) is 6.61 Å². The SMILES string of the molecule is COCC(=O)Nc1ccc(NC(=O)c2ccc3c(c2)C(=O)N(c2ccccc2C)C3=O)cc1. The van der Waals surface area contributed by atoms with E-state index in [1.807, 2.05) is 19.1 Å². The van der Waals surface area contributed by atoms with Crippen LogP contribution in [0.15, 0.2) is 66.7 Å². The Morgan fingerprint density at radius 1 is 0.848 bits per heavy atom. The van der Waals surface area contributed by atoms with E-state index < -0.39 is 17.7 Å². The van der Waals surface area contributed by atoms with Gasteiger partial charge in [-0.2, -0.15) is 0 Å². The van der Waals surface area contributed by atoms with E-state index >= 15 is 0 Å². The van der Waals surface area contributed by atoms with Crippen molar-refractivity contribution in [2.75, 3.05) is 29.3 Å². The molecule has 0 bridgehead atoms. The number of amides is 4. The minimum atomic E-state index is -0.463. The first kappa shape index (κ1) is 21.9. The summed E-state index contributed by atoms with van der Waals surface area (Å²) in [5.41, 5.74) is 3.09. The number of hydrogen-bond acceptors (Lipinski definition) is 5. The third kappa shape index (κ3) is 4.37. The molecule has 1 aliphatic rings. The smallest absolute Gasteiger partial charge is 0.266 e. The second kappa shape index (κ2) is 9.05. The molecule has 4 amide bonds. The molecule has 1 aliphatic heterocycles. The number of hydrogen-bond donors (Lipinski definition) is 2. The van der Waals surface area contributed by atoms with Gasteiger partial charge in [0.15, 0.2) is 0 Å².